The van der Waals surface area contributed by atoms with Crippen LogP contribution in [0.1, 0.15) is 51.0 Å². The van der Waals surface area contributed by atoms with E-state index in [1.807, 2.05) is 0 Å². The molecule has 1 aromatic rings. The third-order valence-corrected chi connectivity index (χ3v) is 8.16. The van der Waals surface area contributed by atoms with E-state index in [0.717, 1.165) is 12.2 Å². The number of anilines is 1. The highest BCUT2D eigenvalue weighted by atomic mass is 16.7. The van der Waals surface area contributed by atoms with Gasteiger partial charge in [-0.1, -0.05) is 11.1 Å². The second-order valence-electron chi connectivity index (χ2n) is 12.7. The molecule has 0 saturated carbocycles. The molecule has 23 heteroatoms. The molecule has 0 aliphatic carbocycles. The fraction of sp³-hybridized carbons (Fsp3) is 0.514. The predicted octanol–water partition coefficient (Wildman–Crippen LogP) is -2.95. The van der Waals surface area contributed by atoms with E-state index in [4.69, 9.17) is 18.9 Å². The molecule has 1 aromatic carbocycles. The number of ether oxygens (including phenoxy) is 4. The number of nitrogens with one attached hydrogen (secondary N) is 4. The van der Waals surface area contributed by atoms with Crippen molar-refractivity contribution in [3.8, 4) is 5.75 Å². The molecule has 318 valence electrons. The van der Waals surface area contributed by atoms with Crippen molar-refractivity contribution in [1.29, 1.82) is 0 Å². The van der Waals surface area contributed by atoms with Crippen LogP contribution in [-0.2, 0) is 68.8 Å². The SMILES string of the molecule is COCCC(=O)NCCCC[C@H](NC(=O)CC(=O)ON1C(=O)C=CC1=O)C(=O)NCCC(=O)Nc1cc(COC(C)=O)ccc1O[C@@H]1O[C@H](C(=O)O)[C@@H](O)[C@H](O)[C@H]1O. The van der Waals surface area contributed by atoms with Crippen LogP contribution in [0.25, 0.3) is 0 Å². The first-order valence-corrected chi connectivity index (χ1v) is 17.8. The zero-order valence-corrected chi connectivity index (χ0v) is 31.4. The molecule has 6 amide bonds. The number of amides is 6. The number of hydrogen-bond acceptors (Lipinski definition) is 17. The molecule has 6 atom stereocenters. The smallest absolute Gasteiger partial charge is 0.342 e. The molecule has 58 heavy (non-hydrogen) atoms. The molecule has 0 aromatic heterocycles. The van der Waals surface area contributed by atoms with Crippen LogP contribution in [0, 0.1) is 0 Å². The van der Waals surface area contributed by atoms with Crippen molar-refractivity contribution in [1.82, 2.24) is 21.0 Å². The second kappa shape index (κ2) is 22.7. The van der Waals surface area contributed by atoms with Crippen LogP contribution >= 0.6 is 0 Å². The Labute approximate surface area is 329 Å². The predicted molar refractivity (Wildman–Crippen MR) is 190 cm³/mol. The Bertz CT molecular complexity index is 1720. The number of aliphatic hydroxyl groups excluding tert-OH is 3. The van der Waals surface area contributed by atoms with Gasteiger partial charge in [-0.15, -0.1) is 0 Å². The molecule has 0 bridgehead atoms. The fourth-order valence-corrected chi connectivity index (χ4v) is 5.20. The minimum atomic E-state index is -1.99. The van der Waals surface area contributed by atoms with Gasteiger partial charge in [0.15, 0.2) is 6.10 Å². The van der Waals surface area contributed by atoms with Gasteiger partial charge in [-0.2, -0.15) is 0 Å². The topological polar surface area (TPSA) is 332 Å². The van der Waals surface area contributed by atoms with Gasteiger partial charge >= 0.3 is 17.9 Å². The summed E-state index contributed by atoms with van der Waals surface area (Å²) in [6.07, 6.45) is -8.53. The number of imide groups is 1. The summed E-state index contributed by atoms with van der Waals surface area (Å²) in [6.45, 7) is 1.09. The number of hydrogen-bond donors (Lipinski definition) is 8. The second-order valence-corrected chi connectivity index (χ2v) is 12.7. The van der Waals surface area contributed by atoms with Crippen LogP contribution in [-0.4, -0.2) is 142 Å². The number of aliphatic carboxylic acids is 1. The van der Waals surface area contributed by atoms with Crippen LogP contribution < -0.4 is 26.0 Å². The number of methoxy groups -OCH3 is 1. The van der Waals surface area contributed by atoms with E-state index in [9.17, 15) is 63.6 Å². The number of esters is 1. The molecule has 2 heterocycles. The Morgan fingerprint density at radius 1 is 0.879 bits per heavy atom. The van der Waals surface area contributed by atoms with E-state index in [-0.39, 0.29) is 68.0 Å². The largest absolute Gasteiger partial charge is 0.479 e. The van der Waals surface area contributed by atoms with Crippen molar-refractivity contribution in [2.45, 2.75) is 88.8 Å². The summed E-state index contributed by atoms with van der Waals surface area (Å²) < 4.78 is 20.6. The Hall–Kier alpha value is -6.01. The van der Waals surface area contributed by atoms with E-state index in [2.05, 4.69) is 26.1 Å². The number of benzene rings is 1. The lowest BCUT2D eigenvalue weighted by atomic mass is 9.99. The summed E-state index contributed by atoms with van der Waals surface area (Å²) in [5.74, 6) is -8.34. The Kier molecular flexibility index (Phi) is 18.1. The van der Waals surface area contributed by atoms with Gasteiger partial charge in [0.1, 0.15) is 43.1 Å². The van der Waals surface area contributed by atoms with E-state index in [1.54, 1.807) is 0 Å². The Balaban J connectivity index is 1.65. The van der Waals surface area contributed by atoms with Crippen LogP contribution in [0.3, 0.4) is 0 Å². The Morgan fingerprint density at radius 3 is 2.24 bits per heavy atom. The standard InChI is InChI=1S/C35H45N5O18/c1-18(41)55-17-19-6-7-22(56-35-31(50)29(48)30(49)32(57-35)34(52)53)21(15-19)39-24(43)10-13-37-33(51)20(5-3-4-12-36-23(42)11-14-54-2)38-25(44)16-28(47)58-40-26(45)8-9-27(40)46/h6-9,15,20,29-32,35,48-50H,3-5,10-14,16-17H2,1-2H3,(H,36,42)(H,37,51)(H,38,44)(H,39,43)(H,52,53)/t20-,29-,30-,31+,32-,35+/m0/s1. The number of aliphatic hydroxyl groups is 3. The van der Waals surface area contributed by atoms with Crippen LogP contribution in [0.5, 0.6) is 5.75 Å². The number of carboxylic acids is 1. The monoisotopic (exact) mass is 823 g/mol. The third-order valence-electron chi connectivity index (χ3n) is 8.16. The van der Waals surface area contributed by atoms with E-state index < -0.39 is 90.6 Å². The van der Waals surface area contributed by atoms with Crippen molar-refractivity contribution in [3.63, 3.8) is 0 Å². The van der Waals surface area contributed by atoms with Crippen LogP contribution in [0.4, 0.5) is 5.69 Å². The fourth-order valence-electron chi connectivity index (χ4n) is 5.20. The lowest BCUT2D eigenvalue weighted by Crippen LogP contribution is -2.61. The van der Waals surface area contributed by atoms with E-state index in [0.29, 0.717) is 18.4 Å². The summed E-state index contributed by atoms with van der Waals surface area (Å²) in [5, 5.41) is 50.2. The van der Waals surface area contributed by atoms with Crippen molar-refractivity contribution in [3.05, 3.63) is 35.9 Å². The molecule has 23 nitrogen and oxygen atoms in total. The molecule has 1 saturated heterocycles. The maximum atomic E-state index is 13.2. The van der Waals surface area contributed by atoms with Gasteiger partial charge in [0.25, 0.3) is 11.8 Å². The molecule has 3 rings (SSSR count). The number of carbonyl (C=O) groups is 9. The summed E-state index contributed by atoms with van der Waals surface area (Å²) in [7, 11) is 1.45. The summed E-state index contributed by atoms with van der Waals surface area (Å²) in [4.78, 5) is 114. The molecule has 2 aliphatic rings. The summed E-state index contributed by atoms with van der Waals surface area (Å²) in [5.41, 5.74) is 0.256. The molecule has 1 fully saturated rings. The number of nitrogens with zero attached hydrogens (tertiary/aromatic N) is 1. The van der Waals surface area contributed by atoms with Crippen molar-refractivity contribution >= 4 is 59.0 Å². The molecule has 2 aliphatic heterocycles. The molecule has 0 unspecified atom stereocenters. The first-order valence-electron chi connectivity index (χ1n) is 17.8. The summed E-state index contributed by atoms with van der Waals surface area (Å²) in [6, 6.07) is 2.75. The lowest BCUT2D eigenvalue weighted by molar-refractivity contribution is -0.271. The minimum Gasteiger partial charge on any atom is -0.479 e. The lowest BCUT2D eigenvalue weighted by Gasteiger charge is -2.38. The van der Waals surface area contributed by atoms with Gasteiger partial charge in [-0.3, -0.25) is 33.6 Å². The number of carbonyl (C=O) groups excluding carboxylic acids is 8. The highest BCUT2D eigenvalue weighted by molar-refractivity contribution is 6.12. The van der Waals surface area contributed by atoms with Crippen LogP contribution in [0.15, 0.2) is 30.4 Å². The van der Waals surface area contributed by atoms with Gasteiger partial charge in [0, 0.05) is 52.1 Å². The van der Waals surface area contributed by atoms with E-state index in [1.165, 1.54) is 32.2 Å². The normalized spacial score (nSPS) is 20.4. The van der Waals surface area contributed by atoms with Crippen LogP contribution in [0.2, 0.25) is 0 Å². The number of rotatable bonds is 22. The molecular weight excluding hydrogens is 778 g/mol. The first-order chi connectivity index (χ1) is 27.5. The van der Waals surface area contributed by atoms with Gasteiger partial charge in [-0.05, 0) is 37.0 Å². The number of carboxylic acid groups (broad SMARTS) is 1. The molecule has 8 N–H and O–H groups in total. The highest BCUT2D eigenvalue weighted by Gasteiger charge is 2.48. The van der Waals surface area contributed by atoms with Gasteiger partial charge < -0.3 is 65.5 Å². The number of unbranched alkanes of at least 4 members (excludes halogenated alkanes) is 1. The van der Waals surface area contributed by atoms with Gasteiger partial charge in [0.05, 0.1) is 12.3 Å². The van der Waals surface area contributed by atoms with E-state index >= 15 is 0 Å². The summed E-state index contributed by atoms with van der Waals surface area (Å²) >= 11 is 0. The highest BCUT2D eigenvalue weighted by Crippen LogP contribution is 2.31. The van der Waals surface area contributed by atoms with Crippen molar-refractivity contribution in [2.24, 2.45) is 0 Å². The Morgan fingerprint density at radius 2 is 1.59 bits per heavy atom. The average Bonchev–Trinajstić information content (AvgIpc) is 3.48. The maximum absolute atomic E-state index is 13.2. The molecule has 0 spiro atoms. The van der Waals surface area contributed by atoms with Gasteiger partial charge in [0.2, 0.25) is 29.9 Å². The third kappa shape index (κ3) is 14.5. The zero-order chi connectivity index (χ0) is 42.9. The first kappa shape index (κ1) is 46.4. The minimum absolute atomic E-state index is 0.0130. The average molecular weight is 824 g/mol. The molecule has 0 radical (unpaired) electrons. The zero-order valence-electron chi connectivity index (χ0n) is 31.4. The molecular formula is C35H45N5O18. The van der Waals surface area contributed by atoms with Crippen molar-refractivity contribution < 1.29 is 87.4 Å². The van der Waals surface area contributed by atoms with Crippen molar-refractivity contribution in [2.75, 3.05) is 32.1 Å². The quantitative estimate of drug-likeness (QED) is 0.0251. The maximum Gasteiger partial charge on any atom is 0.342 e. The number of hydroxylamine groups is 2. The van der Waals surface area contributed by atoms with Gasteiger partial charge in [-0.25, -0.2) is 9.59 Å².